The van der Waals surface area contributed by atoms with Crippen LogP contribution in [0.3, 0.4) is 0 Å². The van der Waals surface area contributed by atoms with Gasteiger partial charge < -0.3 is 19.5 Å². The minimum absolute atomic E-state index is 0.185. The largest absolute Gasteiger partial charge is 0.478 e. The minimum atomic E-state index is -1.36. The van der Waals surface area contributed by atoms with E-state index in [1.165, 1.54) is 4.90 Å². The Balaban J connectivity index is 1.60. The molecule has 0 bridgehead atoms. The van der Waals surface area contributed by atoms with Crippen LogP contribution in [0.15, 0.2) is 59.1 Å². The molecule has 1 aliphatic heterocycles. The lowest BCUT2D eigenvalue weighted by molar-refractivity contribution is -0.159. The molecule has 1 aliphatic rings. The summed E-state index contributed by atoms with van der Waals surface area (Å²) >= 11 is 3.37. The van der Waals surface area contributed by atoms with Gasteiger partial charge in [0, 0.05) is 25.9 Å². The van der Waals surface area contributed by atoms with Crippen molar-refractivity contribution in [1.82, 2.24) is 4.90 Å². The van der Waals surface area contributed by atoms with E-state index in [0.29, 0.717) is 10.2 Å². The number of ether oxygens (including phenoxy) is 2. The number of benzene rings is 2. The Kier molecular flexibility index (Phi) is 6.01. The Morgan fingerprint density at radius 3 is 2.30 bits per heavy atom. The van der Waals surface area contributed by atoms with Gasteiger partial charge in [-0.3, -0.25) is 0 Å². The highest BCUT2D eigenvalue weighted by Crippen LogP contribution is 2.33. The zero-order valence-corrected chi connectivity index (χ0v) is 16.2. The molecule has 7 heteroatoms. The molecule has 1 saturated heterocycles. The van der Waals surface area contributed by atoms with Crippen molar-refractivity contribution in [2.24, 2.45) is 0 Å². The SMILES string of the molecule is O=C(OCc1ccccc1)N1CCC(Oc2ccccc2Br)(C(=O)O)CC1. The number of aliphatic carboxylic acids is 1. The predicted octanol–water partition coefficient (Wildman–Crippen LogP) is 4.08. The van der Waals surface area contributed by atoms with Crippen LogP contribution >= 0.6 is 15.9 Å². The molecule has 1 fully saturated rings. The van der Waals surface area contributed by atoms with E-state index < -0.39 is 17.7 Å². The van der Waals surface area contributed by atoms with E-state index in [0.717, 1.165) is 5.56 Å². The van der Waals surface area contributed by atoms with Crippen LogP contribution in [0.4, 0.5) is 4.79 Å². The van der Waals surface area contributed by atoms with Crippen LogP contribution in [0.5, 0.6) is 5.75 Å². The fourth-order valence-corrected chi connectivity index (χ4v) is 3.32. The number of rotatable bonds is 5. The number of carboxylic acids is 1. The van der Waals surface area contributed by atoms with Gasteiger partial charge in [-0.2, -0.15) is 0 Å². The van der Waals surface area contributed by atoms with Gasteiger partial charge in [0.2, 0.25) is 5.60 Å². The molecule has 1 amide bonds. The summed E-state index contributed by atoms with van der Waals surface area (Å²) in [5.41, 5.74) is -0.458. The zero-order chi connectivity index (χ0) is 19.3. The molecular weight excluding hydrogens is 414 g/mol. The molecule has 6 nitrogen and oxygen atoms in total. The van der Waals surface area contributed by atoms with Crippen molar-refractivity contribution in [3.8, 4) is 5.75 Å². The minimum Gasteiger partial charge on any atom is -0.478 e. The standard InChI is InChI=1S/C20H20BrNO5/c21-16-8-4-5-9-17(16)27-20(18(23)24)10-12-22(13-11-20)19(25)26-14-15-6-2-1-3-7-15/h1-9H,10-14H2,(H,23,24). The first-order valence-corrected chi connectivity index (χ1v) is 9.42. The number of hydrogen-bond acceptors (Lipinski definition) is 4. The third-order valence-corrected chi connectivity index (χ3v) is 5.22. The molecule has 2 aromatic rings. The lowest BCUT2D eigenvalue weighted by Crippen LogP contribution is -2.54. The number of hydrogen-bond donors (Lipinski definition) is 1. The Hall–Kier alpha value is -2.54. The topological polar surface area (TPSA) is 76.1 Å². The molecule has 0 radical (unpaired) electrons. The highest BCUT2D eigenvalue weighted by Gasteiger charge is 2.45. The maximum Gasteiger partial charge on any atom is 0.410 e. The smallest absolute Gasteiger partial charge is 0.410 e. The van der Waals surface area contributed by atoms with Crippen molar-refractivity contribution in [2.45, 2.75) is 25.0 Å². The van der Waals surface area contributed by atoms with Crippen molar-refractivity contribution in [1.29, 1.82) is 0 Å². The van der Waals surface area contributed by atoms with Gasteiger partial charge in [0.25, 0.3) is 0 Å². The van der Waals surface area contributed by atoms with Crippen molar-refractivity contribution in [3.63, 3.8) is 0 Å². The van der Waals surface area contributed by atoms with Gasteiger partial charge in [0.1, 0.15) is 12.4 Å². The van der Waals surface area contributed by atoms with Gasteiger partial charge in [-0.05, 0) is 33.6 Å². The molecule has 1 N–H and O–H groups in total. The lowest BCUT2D eigenvalue weighted by atomic mass is 9.91. The summed E-state index contributed by atoms with van der Waals surface area (Å²) in [6.07, 6.45) is -0.0764. The van der Waals surface area contributed by atoms with Gasteiger partial charge in [-0.25, -0.2) is 9.59 Å². The van der Waals surface area contributed by atoms with E-state index in [1.54, 1.807) is 18.2 Å². The number of halogens is 1. The number of piperidine rings is 1. The summed E-state index contributed by atoms with van der Waals surface area (Å²) in [7, 11) is 0. The molecule has 0 spiro atoms. The summed E-state index contributed by atoms with van der Waals surface area (Å²) < 4.78 is 11.9. The van der Waals surface area contributed by atoms with Crippen LogP contribution in [0, 0.1) is 0 Å². The fraction of sp³-hybridized carbons (Fsp3) is 0.300. The summed E-state index contributed by atoms with van der Waals surface area (Å²) in [5, 5.41) is 9.74. The van der Waals surface area contributed by atoms with E-state index in [2.05, 4.69) is 15.9 Å². The molecule has 3 rings (SSSR count). The van der Waals surface area contributed by atoms with Crippen LogP contribution < -0.4 is 4.74 Å². The number of nitrogens with zero attached hydrogens (tertiary/aromatic N) is 1. The highest BCUT2D eigenvalue weighted by atomic mass is 79.9. The van der Waals surface area contributed by atoms with E-state index in [-0.39, 0.29) is 32.5 Å². The summed E-state index contributed by atoms with van der Waals surface area (Å²) in [6.45, 7) is 0.697. The second-order valence-corrected chi connectivity index (χ2v) is 7.21. The van der Waals surface area contributed by atoms with Crippen molar-refractivity contribution < 1.29 is 24.2 Å². The van der Waals surface area contributed by atoms with Crippen LogP contribution in [0.1, 0.15) is 18.4 Å². The maximum atomic E-state index is 12.3. The fourth-order valence-electron chi connectivity index (χ4n) is 2.96. The average molecular weight is 434 g/mol. The Morgan fingerprint density at radius 2 is 1.67 bits per heavy atom. The predicted molar refractivity (Wildman–Crippen MR) is 103 cm³/mol. The second-order valence-electron chi connectivity index (χ2n) is 6.36. The quantitative estimate of drug-likeness (QED) is 0.768. The molecular formula is C20H20BrNO5. The number of amides is 1. The molecule has 0 unspecified atom stereocenters. The number of para-hydroxylation sites is 1. The first kappa shape index (κ1) is 19.2. The maximum absolute atomic E-state index is 12.3. The van der Waals surface area contributed by atoms with Gasteiger partial charge in [0.05, 0.1) is 4.47 Å². The van der Waals surface area contributed by atoms with Crippen molar-refractivity contribution in [3.05, 3.63) is 64.6 Å². The lowest BCUT2D eigenvalue weighted by Gasteiger charge is -2.38. The van der Waals surface area contributed by atoms with Gasteiger partial charge in [0.15, 0.2) is 0 Å². The summed E-state index contributed by atoms with van der Waals surface area (Å²) in [5.74, 6) is -0.560. The average Bonchev–Trinajstić information content (AvgIpc) is 2.69. The highest BCUT2D eigenvalue weighted by molar-refractivity contribution is 9.10. The molecule has 0 saturated carbocycles. The molecule has 2 aromatic carbocycles. The molecule has 0 aliphatic carbocycles. The van der Waals surface area contributed by atoms with Gasteiger partial charge in [-0.15, -0.1) is 0 Å². The normalized spacial score (nSPS) is 15.8. The van der Waals surface area contributed by atoms with E-state index >= 15 is 0 Å². The first-order chi connectivity index (χ1) is 13.0. The van der Waals surface area contributed by atoms with Gasteiger partial charge in [-0.1, -0.05) is 42.5 Å². The Labute approximate surface area is 165 Å². The van der Waals surface area contributed by atoms with Crippen LogP contribution in [0.2, 0.25) is 0 Å². The number of likely N-dealkylation sites (tertiary alicyclic amines) is 1. The van der Waals surface area contributed by atoms with E-state index in [4.69, 9.17) is 9.47 Å². The number of carbonyl (C=O) groups excluding carboxylic acids is 1. The molecule has 0 aromatic heterocycles. The Morgan fingerprint density at radius 1 is 1.04 bits per heavy atom. The van der Waals surface area contributed by atoms with Gasteiger partial charge >= 0.3 is 12.1 Å². The number of carboxylic acid groups (broad SMARTS) is 1. The molecule has 1 heterocycles. The Bertz CT molecular complexity index is 803. The van der Waals surface area contributed by atoms with Crippen molar-refractivity contribution >= 4 is 28.0 Å². The first-order valence-electron chi connectivity index (χ1n) is 8.63. The van der Waals surface area contributed by atoms with Crippen LogP contribution in [-0.4, -0.2) is 40.8 Å². The summed E-state index contributed by atoms with van der Waals surface area (Å²) in [4.78, 5) is 25.7. The zero-order valence-electron chi connectivity index (χ0n) is 14.6. The second kappa shape index (κ2) is 8.43. The molecule has 0 atom stereocenters. The van der Waals surface area contributed by atoms with E-state index in [1.807, 2.05) is 36.4 Å². The molecule has 27 heavy (non-hydrogen) atoms. The monoisotopic (exact) mass is 433 g/mol. The summed E-state index contributed by atoms with van der Waals surface area (Å²) in [6, 6.07) is 16.5. The van der Waals surface area contributed by atoms with Crippen LogP contribution in [-0.2, 0) is 16.1 Å². The third kappa shape index (κ3) is 4.60. The van der Waals surface area contributed by atoms with E-state index in [9.17, 15) is 14.7 Å². The third-order valence-electron chi connectivity index (χ3n) is 4.57. The number of carbonyl (C=O) groups is 2. The van der Waals surface area contributed by atoms with Crippen molar-refractivity contribution in [2.75, 3.05) is 13.1 Å². The van der Waals surface area contributed by atoms with Crippen LogP contribution in [0.25, 0.3) is 0 Å². The molecule has 142 valence electrons.